The lowest BCUT2D eigenvalue weighted by Crippen LogP contribution is -2.39. The number of carbonyl (C=O) groups is 3. The number of hydrogen-bond acceptors (Lipinski definition) is 8. The first kappa shape index (κ1) is 35.1. The lowest BCUT2D eigenvalue weighted by molar-refractivity contribution is -0.173. The van der Waals surface area contributed by atoms with Gasteiger partial charge in [-0.3, -0.25) is 14.4 Å². The minimum atomic E-state index is -5.03. The fourth-order valence-electron chi connectivity index (χ4n) is 5.31. The van der Waals surface area contributed by atoms with Gasteiger partial charge in [0.05, 0.1) is 24.2 Å². The van der Waals surface area contributed by atoms with E-state index in [9.17, 15) is 27.6 Å². The van der Waals surface area contributed by atoms with Crippen LogP contribution in [0.1, 0.15) is 69.2 Å². The Hall–Kier alpha value is -4.26. The number of benzene rings is 2. The van der Waals surface area contributed by atoms with E-state index in [1.54, 1.807) is 12.4 Å². The fourth-order valence-corrected chi connectivity index (χ4v) is 5.56. The predicted octanol–water partition coefficient (Wildman–Crippen LogP) is 5.81. The number of halogens is 5. The number of aromatic nitrogens is 4. The Bertz CT molecular complexity index is 1760. The van der Waals surface area contributed by atoms with E-state index in [1.807, 2.05) is 36.4 Å². The van der Waals surface area contributed by atoms with Gasteiger partial charge in [-0.1, -0.05) is 47.5 Å². The summed E-state index contributed by atoms with van der Waals surface area (Å²) in [5.41, 5.74) is 8.34. The van der Waals surface area contributed by atoms with Crippen molar-refractivity contribution in [3.63, 3.8) is 0 Å². The summed E-state index contributed by atoms with van der Waals surface area (Å²) in [5, 5.41) is 2.93. The molecule has 9 nitrogen and oxygen atoms in total. The van der Waals surface area contributed by atoms with E-state index >= 15 is 0 Å². The Kier molecular flexibility index (Phi) is 10.6. The quantitative estimate of drug-likeness (QED) is 0.187. The number of alkyl halides is 3. The van der Waals surface area contributed by atoms with Crippen LogP contribution >= 0.6 is 23.2 Å². The number of nitrogens with two attached hydrogens (primary N) is 1. The summed E-state index contributed by atoms with van der Waals surface area (Å²) in [5.74, 6) is -1.69. The van der Waals surface area contributed by atoms with Gasteiger partial charge in [-0.2, -0.15) is 13.2 Å². The van der Waals surface area contributed by atoms with E-state index in [-0.39, 0.29) is 28.7 Å². The van der Waals surface area contributed by atoms with Gasteiger partial charge in [0.25, 0.3) is 0 Å². The zero-order valence-electron chi connectivity index (χ0n) is 25.6. The third kappa shape index (κ3) is 8.80. The summed E-state index contributed by atoms with van der Waals surface area (Å²) in [7, 11) is 0. The minimum absolute atomic E-state index is 0.0164. The number of amides is 1. The second-order valence-corrected chi connectivity index (χ2v) is 12.8. The zero-order chi connectivity index (χ0) is 34.5. The van der Waals surface area contributed by atoms with E-state index in [4.69, 9.17) is 28.9 Å². The molecule has 250 valence electrons. The molecule has 2 aromatic carbocycles. The molecular formula is C34H31Cl2F3N6O3. The van der Waals surface area contributed by atoms with Crippen molar-refractivity contribution >= 4 is 40.7 Å². The van der Waals surface area contributed by atoms with Gasteiger partial charge < -0.3 is 11.1 Å². The maximum absolute atomic E-state index is 12.1. The van der Waals surface area contributed by atoms with Gasteiger partial charge in [0, 0.05) is 58.5 Å². The van der Waals surface area contributed by atoms with Gasteiger partial charge in [0.15, 0.2) is 11.6 Å². The van der Waals surface area contributed by atoms with Crippen molar-refractivity contribution in [3.05, 3.63) is 117 Å². The molecule has 0 radical (unpaired) electrons. The van der Waals surface area contributed by atoms with Gasteiger partial charge >= 0.3 is 12.1 Å². The molecule has 14 heteroatoms. The van der Waals surface area contributed by atoms with Crippen molar-refractivity contribution in [2.45, 2.75) is 55.5 Å². The highest BCUT2D eigenvalue weighted by Gasteiger charge is 2.45. The molecule has 3 N–H and O–H groups in total. The molecule has 2 saturated carbocycles. The minimum Gasteiger partial charge on any atom is -0.341 e. The average Bonchev–Trinajstić information content (AvgIpc) is 4.02. The standard InChI is InChI=1S/C18H15ClF3N3O2.C16H16ClN3O/c19-13-3-1-12(2-4-13)17(5-6-17)7-15-23-8-11(9-24-15)14(26)10-25-16(27)18(20,21)22;17-13-3-1-12(2-4-13)16(5-6-16)7-15-19-9-11(10-20-15)14(21)8-18/h1-4,8-9H,5-7,10H2,(H,25,27);1-4,9-10H,5-8,18H2. The highest BCUT2D eigenvalue weighted by Crippen LogP contribution is 2.51. The summed E-state index contributed by atoms with van der Waals surface area (Å²) < 4.78 is 36.4. The van der Waals surface area contributed by atoms with Crippen LogP contribution in [0.15, 0.2) is 73.3 Å². The molecule has 4 aromatic rings. The van der Waals surface area contributed by atoms with Crippen molar-refractivity contribution in [1.82, 2.24) is 25.3 Å². The van der Waals surface area contributed by atoms with Crippen LogP contribution in [0.4, 0.5) is 13.2 Å². The number of Topliss-reactive ketones (excluding diaryl/α,β-unsaturated/α-hetero) is 2. The smallest absolute Gasteiger partial charge is 0.341 e. The van der Waals surface area contributed by atoms with Gasteiger partial charge in [0.1, 0.15) is 11.6 Å². The highest BCUT2D eigenvalue weighted by molar-refractivity contribution is 6.30. The van der Waals surface area contributed by atoms with Crippen LogP contribution in [-0.4, -0.2) is 56.7 Å². The van der Waals surface area contributed by atoms with E-state index in [0.29, 0.717) is 22.8 Å². The number of nitrogens with zero attached hydrogens (tertiary/aromatic N) is 4. The molecule has 0 unspecified atom stereocenters. The second kappa shape index (κ2) is 14.5. The Balaban J connectivity index is 0.000000194. The molecule has 2 fully saturated rings. The normalized spacial score (nSPS) is 15.5. The molecule has 48 heavy (non-hydrogen) atoms. The fraction of sp³-hybridized carbons (Fsp3) is 0.324. The summed E-state index contributed by atoms with van der Waals surface area (Å²) in [6.07, 6.45) is 6.24. The zero-order valence-corrected chi connectivity index (χ0v) is 27.1. The maximum Gasteiger partial charge on any atom is 0.471 e. The first-order valence-corrected chi connectivity index (χ1v) is 15.8. The Morgan fingerprint density at radius 2 is 1.06 bits per heavy atom. The van der Waals surface area contributed by atoms with E-state index in [2.05, 4.69) is 32.1 Å². The topological polar surface area (TPSA) is 141 Å². The van der Waals surface area contributed by atoms with Crippen molar-refractivity contribution < 1.29 is 27.6 Å². The number of nitrogens with one attached hydrogen (secondary N) is 1. The molecule has 0 bridgehead atoms. The lowest BCUT2D eigenvalue weighted by atomic mass is 9.92. The predicted molar refractivity (Wildman–Crippen MR) is 173 cm³/mol. The summed E-state index contributed by atoms with van der Waals surface area (Å²) in [6.45, 7) is -0.785. The molecule has 1 amide bonds. The van der Waals surface area contributed by atoms with Crippen LogP contribution < -0.4 is 11.1 Å². The van der Waals surface area contributed by atoms with E-state index in [0.717, 1.165) is 48.5 Å². The van der Waals surface area contributed by atoms with Crippen molar-refractivity contribution in [2.24, 2.45) is 5.73 Å². The number of ketones is 2. The van der Waals surface area contributed by atoms with E-state index < -0.39 is 24.4 Å². The van der Waals surface area contributed by atoms with Crippen LogP contribution in [0, 0.1) is 0 Å². The molecule has 0 atom stereocenters. The average molecular weight is 700 g/mol. The maximum atomic E-state index is 12.1. The summed E-state index contributed by atoms with van der Waals surface area (Å²) in [6, 6.07) is 15.6. The van der Waals surface area contributed by atoms with Gasteiger partial charge in [0.2, 0.25) is 0 Å². The number of rotatable bonds is 11. The van der Waals surface area contributed by atoms with Crippen LogP contribution in [0.3, 0.4) is 0 Å². The van der Waals surface area contributed by atoms with Crippen LogP contribution in [0.25, 0.3) is 0 Å². The molecule has 0 aliphatic heterocycles. The second-order valence-electron chi connectivity index (χ2n) is 11.9. The summed E-state index contributed by atoms with van der Waals surface area (Å²) in [4.78, 5) is 51.0. The third-order valence-corrected chi connectivity index (χ3v) is 9.02. The molecule has 2 aliphatic carbocycles. The van der Waals surface area contributed by atoms with Crippen molar-refractivity contribution in [3.8, 4) is 0 Å². The molecule has 0 saturated heterocycles. The SMILES string of the molecule is NCC(=O)c1cnc(CC2(c3ccc(Cl)cc3)CC2)nc1.O=C(CNC(=O)C(F)(F)F)c1cnc(CC2(c3ccc(Cl)cc3)CC2)nc1. The Labute approximate surface area is 284 Å². The first-order chi connectivity index (χ1) is 22.8. The number of carbonyl (C=O) groups excluding carboxylic acids is 3. The lowest BCUT2D eigenvalue weighted by Gasteiger charge is -2.15. The van der Waals surface area contributed by atoms with Crippen molar-refractivity contribution in [1.29, 1.82) is 0 Å². The monoisotopic (exact) mass is 698 g/mol. The van der Waals surface area contributed by atoms with Crippen LogP contribution in [0.2, 0.25) is 10.0 Å². The molecule has 6 rings (SSSR count). The largest absolute Gasteiger partial charge is 0.471 e. The Morgan fingerprint density at radius 1 is 0.688 bits per heavy atom. The molecule has 2 aromatic heterocycles. The summed E-state index contributed by atoms with van der Waals surface area (Å²) >= 11 is 11.9. The highest BCUT2D eigenvalue weighted by atomic mass is 35.5. The molecular weight excluding hydrogens is 668 g/mol. The number of hydrogen-bond donors (Lipinski definition) is 2. The van der Waals surface area contributed by atoms with Gasteiger partial charge in [-0.15, -0.1) is 0 Å². The first-order valence-electron chi connectivity index (χ1n) is 15.1. The molecule has 2 aliphatic rings. The van der Waals surface area contributed by atoms with Crippen LogP contribution in [-0.2, 0) is 28.5 Å². The Morgan fingerprint density at radius 3 is 1.40 bits per heavy atom. The molecule has 2 heterocycles. The van der Waals surface area contributed by atoms with Gasteiger partial charge in [-0.25, -0.2) is 19.9 Å². The van der Waals surface area contributed by atoms with E-state index in [1.165, 1.54) is 23.3 Å². The molecule has 0 spiro atoms. The van der Waals surface area contributed by atoms with Crippen molar-refractivity contribution in [2.75, 3.05) is 13.1 Å². The third-order valence-electron chi connectivity index (χ3n) is 8.52. The van der Waals surface area contributed by atoms with Crippen LogP contribution in [0.5, 0.6) is 0 Å². The van der Waals surface area contributed by atoms with Gasteiger partial charge in [-0.05, 0) is 61.1 Å².